The van der Waals surface area contributed by atoms with Crippen molar-refractivity contribution in [2.45, 2.75) is 62.0 Å². The van der Waals surface area contributed by atoms with E-state index in [-0.39, 0.29) is 33.3 Å². The summed E-state index contributed by atoms with van der Waals surface area (Å²) >= 11 is 12.5. The van der Waals surface area contributed by atoms with Crippen LogP contribution in [0.15, 0.2) is 23.1 Å². The van der Waals surface area contributed by atoms with Crippen molar-refractivity contribution in [1.82, 2.24) is 14.6 Å². The van der Waals surface area contributed by atoms with Crippen molar-refractivity contribution in [3.8, 4) is 0 Å². The Labute approximate surface area is 206 Å². The van der Waals surface area contributed by atoms with E-state index < -0.39 is 21.9 Å². The van der Waals surface area contributed by atoms with Gasteiger partial charge in [-0.2, -0.15) is 0 Å². The molecule has 2 amide bonds. The third-order valence-corrected chi connectivity index (χ3v) is 8.21. The van der Waals surface area contributed by atoms with E-state index in [0.29, 0.717) is 25.4 Å². The maximum atomic E-state index is 13.3. The lowest BCUT2D eigenvalue weighted by Crippen LogP contribution is -2.49. The summed E-state index contributed by atoms with van der Waals surface area (Å²) in [6.07, 6.45) is 3.33. The van der Waals surface area contributed by atoms with Gasteiger partial charge in [-0.15, -0.1) is 11.6 Å². The van der Waals surface area contributed by atoms with Crippen LogP contribution in [0, 0.1) is 5.92 Å². The fraction of sp³-hybridized carbons (Fsp3) is 0.636. The molecule has 2 saturated heterocycles. The zero-order valence-electron chi connectivity index (χ0n) is 19.2. The highest BCUT2D eigenvalue weighted by Crippen LogP contribution is 2.27. The Kier molecular flexibility index (Phi) is 8.66. The Morgan fingerprint density at radius 3 is 2.39 bits per heavy atom. The maximum Gasteiger partial charge on any atom is 0.271 e. The molecule has 0 saturated carbocycles. The van der Waals surface area contributed by atoms with E-state index in [1.54, 1.807) is 0 Å². The number of nitrogens with one attached hydrogen (secondary N) is 2. The normalized spacial score (nSPS) is 22.8. The highest BCUT2D eigenvalue weighted by atomic mass is 35.5. The van der Waals surface area contributed by atoms with Gasteiger partial charge in [-0.05, 0) is 70.8 Å². The summed E-state index contributed by atoms with van der Waals surface area (Å²) in [5.41, 5.74) is 0.288. The van der Waals surface area contributed by atoms with Crippen molar-refractivity contribution in [2.24, 2.45) is 5.92 Å². The molecule has 11 heteroatoms. The third kappa shape index (κ3) is 6.60. The monoisotopic (exact) mass is 518 g/mol. The molecule has 0 radical (unpaired) electrons. The predicted molar refractivity (Wildman–Crippen MR) is 130 cm³/mol. The number of amides is 2. The van der Waals surface area contributed by atoms with Gasteiger partial charge >= 0.3 is 0 Å². The topological polar surface area (TPSA) is 98.8 Å². The smallest absolute Gasteiger partial charge is 0.271 e. The Morgan fingerprint density at radius 2 is 1.85 bits per heavy atom. The van der Waals surface area contributed by atoms with Crippen LogP contribution in [-0.2, 0) is 14.6 Å². The van der Waals surface area contributed by atoms with E-state index in [2.05, 4.69) is 29.4 Å². The van der Waals surface area contributed by atoms with Crippen LogP contribution in [0.3, 0.4) is 0 Å². The largest absolute Gasteiger partial charge is 0.325 e. The van der Waals surface area contributed by atoms with Gasteiger partial charge < -0.3 is 10.2 Å². The quantitative estimate of drug-likeness (QED) is 0.443. The Bertz CT molecular complexity index is 973. The van der Waals surface area contributed by atoms with Gasteiger partial charge in [0.05, 0.1) is 22.3 Å². The molecule has 1 aromatic rings. The Hall–Kier alpha value is -1.39. The fourth-order valence-electron chi connectivity index (χ4n) is 4.21. The molecule has 0 bridgehead atoms. The Balaban J connectivity index is 1.81. The lowest BCUT2D eigenvalue weighted by Gasteiger charge is -2.34. The van der Waals surface area contributed by atoms with Crippen molar-refractivity contribution in [3.05, 3.63) is 23.8 Å². The number of rotatable bonds is 6. The summed E-state index contributed by atoms with van der Waals surface area (Å²) in [4.78, 5) is 28.6. The minimum atomic E-state index is -3.56. The number of carbonyl (C=O) groups is 2. The van der Waals surface area contributed by atoms with Gasteiger partial charge in [0, 0.05) is 41.9 Å². The molecule has 33 heavy (non-hydrogen) atoms. The molecule has 2 aliphatic rings. The summed E-state index contributed by atoms with van der Waals surface area (Å²) < 4.78 is 25.2. The van der Waals surface area contributed by atoms with Gasteiger partial charge in [0.25, 0.3) is 5.91 Å². The standard InChI is InChI=1S/C22H32Cl2N4O4S/c1-14(2)27-10-8-15(9-11-27)21(29)26-19-6-5-17(33(3,31)32)12-18(19)22(30)28(24)20-7-4-16(23)13-25-20/h5-6,12,14-16,20,25H,4,7-11,13H2,1-3H3,(H,26,29). The van der Waals surface area contributed by atoms with Gasteiger partial charge in [-0.3, -0.25) is 14.9 Å². The summed E-state index contributed by atoms with van der Waals surface area (Å²) in [6, 6.07) is 4.55. The van der Waals surface area contributed by atoms with Crippen LogP contribution in [0.1, 0.15) is 49.9 Å². The highest BCUT2D eigenvalue weighted by molar-refractivity contribution is 7.90. The minimum absolute atomic E-state index is 0.0171. The molecule has 2 heterocycles. The molecule has 184 valence electrons. The van der Waals surface area contributed by atoms with Crippen LogP contribution in [0.4, 0.5) is 5.69 Å². The number of halogens is 2. The number of hydrogen-bond donors (Lipinski definition) is 2. The first-order valence-electron chi connectivity index (χ1n) is 11.2. The molecular formula is C22H32Cl2N4O4S. The van der Waals surface area contributed by atoms with Crippen LogP contribution in [-0.4, -0.2) is 73.0 Å². The van der Waals surface area contributed by atoms with Gasteiger partial charge in [0.1, 0.15) is 0 Å². The fourth-order valence-corrected chi connectivity index (χ4v) is 5.33. The second-order valence-electron chi connectivity index (χ2n) is 9.09. The first-order chi connectivity index (χ1) is 15.5. The highest BCUT2D eigenvalue weighted by Gasteiger charge is 2.31. The maximum absolute atomic E-state index is 13.3. The van der Waals surface area contributed by atoms with Crippen molar-refractivity contribution in [2.75, 3.05) is 31.2 Å². The van der Waals surface area contributed by atoms with E-state index in [0.717, 1.165) is 36.6 Å². The van der Waals surface area contributed by atoms with E-state index in [4.69, 9.17) is 23.4 Å². The summed E-state index contributed by atoms with van der Waals surface area (Å²) in [6.45, 7) is 6.44. The summed E-state index contributed by atoms with van der Waals surface area (Å²) in [5.74, 6) is -0.940. The predicted octanol–water partition coefficient (Wildman–Crippen LogP) is 3.06. The zero-order valence-corrected chi connectivity index (χ0v) is 21.5. The first kappa shape index (κ1) is 26.2. The average molecular weight is 519 g/mol. The van der Waals surface area contributed by atoms with E-state index in [1.165, 1.54) is 18.2 Å². The SMILES string of the molecule is CC(C)N1CCC(C(=O)Nc2ccc(S(C)(=O)=O)cc2C(=O)N(Cl)C2CCC(Cl)CN2)CC1. The van der Waals surface area contributed by atoms with Gasteiger partial charge in [-0.1, -0.05) is 0 Å². The number of hydrogen-bond acceptors (Lipinski definition) is 6. The molecule has 2 aliphatic heterocycles. The molecule has 0 spiro atoms. The number of carbonyl (C=O) groups excluding carboxylic acids is 2. The van der Waals surface area contributed by atoms with Crippen molar-refractivity contribution >= 4 is 50.7 Å². The number of likely N-dealkylation sites (tertiary alicyclic amines) is 1. The molecule has 1 aromatic carbocycles. The lowest BCUT2D eigenvalue weighted by atomic mass is 9.95. The van der Waals surface area contributed by atoms with E-state index >= 15 is 0 Å². The molecule has 2 fully saturated rings. The number of nitrogens with zero attached hydrogens (tertiary/aromatic N) is 2. The van der Waals surface area contributed by atoms with Crippen LogP contribution >= 0.6 is 23.4 Å². The third-order valence-electron chi connectivity index (χ3n) is 6.33. The number of piperidine rings is 2. The summed E-state index contributed by atoms with van der Waals surface area (Å²) in [7, 11) is -3.56. The molecule has 2 atom stereocenters. The molecule has 0 aromatic heterocycles. The van der Waals surface area contributed by atoms with Crippen LogP contribution in [0.2, 0.25) is 0 Å². The average Bonchev–Trinajstić information content (AvgIpc) is 2.78. The van der Waals surface area contributed by atoms with Crippen molar-refractivity contribution < 1.29 is 18.0 Å². The molecule has 3 rings (SSSR count). The van der Waals surface area contributed by atoms with Gasteiger partial charge in [0.15, 0.2) is 9.84 Å². The summed E-state index contributed by atoms with van der Waals surface area (Å²) in [5, 5.41) is 5.93. The van der Waals surface area contributed by atoms with E-state index in [1.807, 2.05) is 0 Å². The van der Waals surface area contributed by atoms with Crippen LogP contribution < -0.4 is 10.6 Å². The van der Waals surface area contributed by atoms with Crippen molar-refractivity contribution in [1.29, 1.82) is 0 Å². The first-order valence-corrected chi connectivity index (χ1v) is 13.9. The van der Waals surface area contributed by atoms with Crippen molar-refractivity contribution in [3.63, 3.8) is 0 Å². The van der Waals surface area contributed by atoms with E-state index in [9.17, 15) is 18.0 Å². The zero-order chi connectivity index (χ0) is 24.3. The van der Waals surface area contributed by atoms with Crippen LogP contribution in [0.5, 0.6) is 0 Å². The molecule has 8 nitrogen and oxygen atoms in total. The number of anilines is 1. The number of benzene rings is 1. The van der Waals surface area contributed by atoms with Crippen LogP contribution in [0.25, 0.3) is 0 Å². The second-order valence-corrected chi connectivity index (χ2v) is 12.1. The van der Waals surface area contributed by atoms with Gasteiger partial charge in [0.2, 0.25) is 5.91 Å². The molecule has 2 N–H and O–H groups in total. The second kappa shape index (κ2) is 10.9. The Morgan fingerprint density at radius 1 is 1.18 bits per heavy atom. The lowest BCUT2D eigenvalue weighted by molar-refractivity contribution is -0.121. The molecule has 2 unspecified atom stereocenters. The van der Waals surface area contributed by atoms with Gasteiger partial charge in [-0.25, -0.2) is 12.8 Å². The number of alkyl halides is 1. The molecule has 0 aliphatic carbocycles. The molecular weight excluding hydrogens is 487 g/mol. The number of sulfone groups is 1. The minimum Gasteiger partial charge on any atom is -0.325 e.